The van der Waals surface area contributed by atoms with Crippen LogP contribution in [0.1, 0.15) is 42.5 Å². The average Bonchev–Trinajstić information content (AvgIpc) is 3.16. The number of nitrogens with one attached hydrogen (secondary N) is 2. The summed E-state index contributed by atoms with van der Waals surface area (Å²) in [4.78, 5) is 29.3. The number of aromatic nitrogens is 1. The number of hydrogen-bond acceptors (Lipinski definition) is 6. The fraction of sp³-hybridized carbons (Fsp3) is 0.684. The number of hydrogen-bond donors (Lipinski definition) is 2. The predicted molar refractivity (Wildman–Crippen MR) is 106 cm³/mol. The Bertz CT molecular complexity index is 827. The number of nitrogens with zero attached hydrogens (tertiary/aromatic N) is 3. The summed E-state index contributed by atoms with van der Waals surface area (Å²) in [6.07, 6.45) is -4.32. The molecule has 0 spiro atoms. The molecule has 1 aromatic heterocycles. The molecule has 3 rings (SSSR count). The molecule has 0 unspecified atom stereocenters. The van der Waals surface area contributed by atoms with Crippen molar-refractivity contribution in [1.29, 1.82) is 0 Å². The van der Waals surface area contributed by atoms with E-state index in [0.29, 0.717) is 19.4 Å². The number of carbonyl (C=O) groups is 1. The summed E-state index contributed by atoms with van der Waals surface area (Å²) in [7, 11) is 1.46. The third-order valence-electron chi connectivity index (χ3n) is 5.95. The van der Waals surface area contributed by atoms with E-state index in [2.05, 4.69) is 15.6 Å². The number of rotatable bonds is 6. The van der Waals surface area contributed by atoms with Gasteiger partial charge in [-0.1, -0.05) is 0 Å². The lowest BCUT2D eigenvalue weighted by Gasteiger charge is -2.30. The minimum atomic E-state index is -4.20. The number of amides is 1. The van der Waals surface area contributed by atoms with Crippen LogP contribution >= 0.6 is 0 Å². The van der Waals surface area contributed by atoms with E-state index in [0.717, 1.165) is 6.07 Å². The van der Waals surface area contributed by atoms with Crippen molar-refractivity contribution < 1.29 is 27.3 Å². The molecule has 0 radical (unpaired) electrons. The lowest BCUT2D eigenvalue weighted by Crippen LogP contribution is -2.35. The average molecular weight is 447 g/mol. The maximum absolute atomic E-state index is 13.7. The van der Waals surface area contributed by atoms with Crippen LogP contribution < -0.4 is 15.5 Å². The highest BCUT2D eigenvalue weighted by Crippen LogP contribution is 2.39. The van der Waals surface area contributed by atoms with E-state index in [1.807, 2.05) is 0 Å². The molecule has 1 saturated carbocycles. The van der Waals surface area contributed by atoms with Crippen LogP contribution in [0.4, 0.5) is 34.9 Å². The highest BCUT2D eigenvalue weighted by Gasteiger charge is 2.41. The number of pyridine rings is 1. The van der Waals surface area contributed by atoms with E-state index in [4.69, 9.17) is 0 Å². The second kappa shape index (κ2) is 9.23. The molecule has 172 valence electrons. The molecule has 1 atom stereocenters. The van der Waals surface area contributed by atoms with Gasteiger partial charge in [-0.2, -0.15) is 13.2 Å². The van der Waals surface area contributed by atoms with Crippen molar-refractivity contribution in [2.45, 2.75) is 44.5 Å². The fourth-order valence-corrected chi connectivity index (χ4v) is 4.16. The number of carbonyl (C=O) groups excluding carboxylic acids is 1. The van der Waals surface area contributed by atoms with E-state index in [1.165, 1.54) is 7.05 Å². The van der Waals surface area contributed by atoms with Crippen molar-refractivity contribution in [3.05, 3.63) is 21.7 Å². The van der Waals surface area contributed by atoms with Gasteiger partial charge >= 0.3 is 11.9 Å². The summed E-state index contributed by atoms with van der Waals surface area (Å²) >= 11 is 0. The van der Waals surface area contributed by atoms with Crippen molar-refractivity contribution in [2.75, 3.05) is 36.9 Å². The van der Waals surface area contributed by atoms with Gasteiger partial charge in [0.15, 0.2) is 0 Å². The molecule has 2 N–H and O–H groups in total. The first kappa shape index (κ1) is 23.0. The highest BCUT2D eigenvalue weighted by molar-refractivity contribution is 6.00. The van der Waals surface area contributed by atoms with Crippen molar-refractivity contribution >= 4 is 23.2 Å². The summed E-state index contributed by atoms with van der Waals surface area (Å²) in [5, 5.41) is 16.7. The first-order valence-corrected chi connectivity index (χ1v) is 10.2. The second-order valence-corrected chi connectivity index (χ2v) is 8.04. The van der Waals surface area contributed by atoms with Gasteiger partial charge in [0, 0.05) is 26.2 Å². The minimum Gasteiger partial charge on any atom is -0.367 e. The molecule has 1 aliphatic carbocycles. The zero-order valence-electron chi connectivity index (χ0n) is 17.0. The summed E-state index contributed by atoms with van der Waals surface area (Å²) in [6, 6.07) is 1.11. The van der Waals surface area contributed by atoms with Gasteiger partial charge in [0.05, 0.1) is 22.9 Å². The van der Waals surface area contributed by atoms with E-state index in [-0.39, 0.29) is 55.5 Å². The number of halogens is 4. The van der Waals surface area contributed by atoms with Gasteiger partial charge in [0.25, 0.3) is 5.91 Å². The first-order chi connectivity index (χ1) is 14.6. The minimum absolute atomic E-state index is 0.0187. The molecular weight excluding hydrogens is 422 g/mol. The molecule has 8 nitrogen and oxygen atoms in total. The van der Waals surface area contributed by atoms with E-state index < -0.39 is 34.8 Å². The molecule has 12 heteroatoms. The summed E-state index contributed by atoms with van der Waals surface area (Å²) < 4.78 is 52.2. The highest BCUT2D eigenvalue weighted by atomic mass is 19.4. The Morgan fingerprint density at radius 2 is 1.97 bits per heavy atom. The second-order valence-electron chi connectivity index (χ2n) is 8.04. The van der Waals surface area contributed by atoms with E-state index in [9.17, 15) is 32.5 Å². The van der Waals surface area contributed by atoms with Gasteiger partial charge in [0.2, 0.25) is 5.82 Å². The van der Waals surface area contributed by atoms with Crippen molar-refractivity contribution in [3.63, 3.8) is 0 Å². The van der Waals surface area contributed by atoms with Crippen LogP contribution in [0, 0.1) is 22.0 Å². The van der Waals surface area contributed by atoms with Crippen LogP contribution in [0.15, 0.2) is 6.07 Å². The van der Waals surface area contributed by atoms with E-state index >= 15 is 0 Å². The van der Waals surface area contributed by atoms with Gasteiger partial charge < -0.3 is 15.5 Å². The Hall–Kier alpha value is -2.66. The smallest absolute Gasteiger partial charge is 0.367 e. The van der Waals surface area contributed by atoms with E-state index in [1.54, 1.807) is 4.90 Å². The van der Waals surface area contributed by atoms with Gasteiger partial charge in [-0.25, -0.2) is 9.37 Å². The van der Waals surface area contributed by atoms with Gasteiger partial charge in [-0.05, 0) is 38.0 Å². The van der Waals surface area contributed by atoms with Crippen LogP contribution in [-0.4, -0.2) is 54.8 Å². The van der Waals surface area contributed by atoms with Crippen molar-refractivity contribution in [1.82, 2.24) is 10.3 Å². The first-order valence-electron chi connectivity index (χ1n) is 10.2. The normalized spacial score (nSPS) is 24.2. The van der Waals surface area contributed by atoms with Crippen LogP contribution in [0.2, 0.25) is 0 Å². The standard InChI is InChI=1S/C19H25F4N5O3/c1-24-16-15(28(30)31)8-14(17(26-16)27-7-6-13(20)10-27)18(29)25-9-11-2-4-12(5-3-11)19(21,22)23/h8,11-13H,2-7,9-10H2,1H3,(H,24,26)(H,25,29)/t11?,12?,13-/m1/s1. The molecule has 1 aliphatic heterocycles. The third kappa shape index (κ3) is 5.34. The molecule has 31 heavy (non-hydrogen) atoms. The fourth-order valence-electron chi connectivity index (χ4n) is 4.16. The molecule has 0 aromatic carbocycles. The molecule has 1 saturated heterocycles. The maximum Gasteiger partial charge on any atom is 0.391 e. The third-order valence-corrected chi connectivity index (χ3v) is 5.95. The molecule has 2 fully saturated rings. The number of alkyl halides is 4. The summed E-state index contributed by atoms with van der Waals surface area (Å²) in [5.41, 5.74) is -0.443. The molecule has 2 aliphatic rings. The number of nitro groups is 1. The zero-order chi connectivity index (χ0) is 22.8. The van der Waals surface area contributed by atoms with Crippen LogP contribution in [0.25, 0.3) is 0 Å². The quantitative estimate of drug-likeness (QED) is 0.392. The Morgan fingerprint density at radius 3 is 2.48 bits per heavy atom. The summed E-state index contributed by atoms with van der Waals surface area (Å²) in [6.45, 7) is 0.503. The molecule has 2 heterocycles. The SMILES string of the molecule is CNc1nc(N2CC[C@@H](F)C2)c(C(=O)NCC2CCC(C(F)(F)F)CC2)cc1[N+](=O)[O-]. The van der Waals surface area contributed by atoms with Crippen LogP contribution in [0.5, 0.6) is 0 Å². The molecule has 1 amide bonds. The van der Waals surface area contributed by atoms with Crippen LogP contribution in [-0.2, 0) is 0 Å². The van der Waals surface area contributed by atoms with Gasteiger partial charge in [0.1, 0.15) is 12.0 Å². The Kier molecular flexibility index (Phi) is 6.85. The zero-order valence-corrected chi connectivity index (χ0v) is 17.0. The maximum atomic E-state index is 13.7. The van der Waals surface area contributed by atoms with Gasteiger partial charge in [-0.3, -0.25) is 14.9 Å². The molecule has 1 aromatic rings. The largest absolute Gasteiger partial charge is 0.391 e. The molecular formula is C19H25F4N5O3. The Balaban J connectivity index is 1.75. The molecule has 0 bridgehead atoms. The van der Waals surface area contributed by atoms with Crippen molar-refractivity contribution in [2.24, 2.45) is 11.8 Å². The monoisotopic (exact) mass is 447 g/mol. The predicted octanol–water partition coefficient (Wildman–Crippen LogP) is 3.68. The Morgan fingerprint density at radius 1 is 1.29 bits per heavy atom. The topological polar surface area (TPSA) is 100 Å². The Labute approximate surface area is 176 Å². The lowest BCUT2D eigenvalue weighted by atomic mass is 9.81. The van der Waals surface area contributed by atoms with Crippen LogP contribution in [0.3, 0.4) is 0 Å². The van der Waals surface area contributed by atoms with Crippen molar-refractivity contribution in [3.8, 4) is 0 Å². The lowest BCUT2D eigenvalue weighted by molar-refractivity contribution is -0.384. The summed E-state index contributed by atoms with van der Waals surface area (Å²) in [5.74, 6) is -1.92. The van der Waals surface area contributed by atoms with Gasteiger partial charge in [-0.15, -0.1) is 0 Å². The number of anilines is 2.